The molecular formula is C45H27N3. The third-order valence-corrected chi connectivity index (χ3v) is 10.3. The summed E-state index contributed by atoms with van der Waals surface area (Å²) >= 11 is 0. The van der Waals surface area contributed by atoms with E-state index in [2.05, 4.69) is 167 Å². The van der Waals surface area contributed by atoms with E-state index in [9.17, 15) is 0 Å². The zero-order valence-corrected chi connectivity index (χ0v) is 25.9. The lowest BCUT2D eigenvalue weighted by molar-refractivity contribution is 1.18. The molecule has 0 amide bonds. The Bertz CT molecular complexity index is 2940. The Hall–Kier alpha value is -6.45. The first-order valence-electron chi connectivity index (χ1n) is 16.5. The largest absolute Gasteiger partial charge is 0.309 e. The number of hydrogen-bond donors (Lipinski definition) is 0. The molecule has 0 radical (unpaired) electrons. The predicted molar refractivity (Wildman–Crippen MR) is 200 cm³/mol. The van der Waals surface area contributed by atoms with Crippen LogP contribution in [0.5, 0.6) is 0 Å². The quantitative estimate of drug-likeness (QED) is 0.195. The van der Waals surface area contributed by atoms with Crippen LogP contribution in [0, 0.1) is 0 Å². The molecule has 0 fully saturated rings. The van der Waals surface area contributed by atoms with Crippen LogP contribution in [0.15, 0.2) is 164 Å². The second-order valence-electron chi connectivity index (χ2n) is 12.8. The molecule has 7 aromatic carbocycles. The second-order valence-corrected chi connectivity index (χ2v) is 12.8. The normalized spacial score (nSPS) is 12.2. The first-order chi connectivity index (χ1) is 23.8. The van der Waals surface area contributed by atoms with Crippen molar-refractivity contribution in [1.29, 1.82) is 0 Å². The Kier molecular flexibility index (Phi) is 5.11. The van der Waals surface area contributed by atoms with Gasteiger partial charge in [-0.3, -0.25) is 4.98 Å². The Morgan fingerprint density at radius 1 is 0.354 bits per heavy atom. The summed E-state index contributed by atoms with van der Waals surface area (Å²) in [6.07, 6.45) is 1.94. The summed E-state index contributed by atoms with van der Waals surface area (Å²) in [5, 5.41) is 6.26. The number of rotatable bonds is 3. The van der Waals surface area contributed by atoms with E-state index in [0.29, 0.717) is 0 Å². The molecule has 3 heteroatoms. The number of fused-ring (bicyclic) bond motifs is 9. The molecule has 0 atom stereocenters. The molecule has 0 aliphatic heterocycles. The minimum atomic E-state index is 1.03. The average molecular weight is 610 g/mol. The van der Waals surface area contributed by atoms with Crippen molar-refractivity contribution in [3.05, 3.63) is 164 Å². The maximum Gasteiger partial charge on any atom is 0.0735 e. The first kappa shape index (κ1) is 25.7. The lowest BCUT2D eigenvalue weighted by atomic mass is 10.0. The van der Waals surface area contributed by atoms with Crippen molar-refractivity contribution < 1.29 is 0 Å². The number of benzene rings is 7. The van der Waals surface area contributed by atoms with E-state index in [-0.39, 0.29) is 0 Å². The van der Waals surface area contributed by atoms with E-state index in [1.54, 1.807) is 0 Å². The lowest BCUT2D eigenvalue weighted by Crippen LogP contribution is -1.95. The van der Waals surface area contributed by atoms with Crippen LogP contribution in [0.4, 0.5) is 0 Å². The molecule has 11 rings (SSSR count). The molecule has 0 unspecified atom stereocenters. The van der Waals surface area contributed by atoms with Gasteiger partial charge < -0.3 is 9.13 Å². The molecule has 48 heavy (non-hydrogen) atoms. The Balaban J connectivity index is 1.14. The molecule has 0 N–H and O–H groups in total. The molecule has 0 bridgehead atoms. The third-order valence-electron chi connectivity index (χ3n) is 10.3. The van der Waals surface area contributed by atoms with E-state index in [4.69, 9.17) is 4.98 Å². The van der Waals surface area contributed by atoms with Gasteiger partial charge in [-0.15, -0.1) is 0 Å². The van der Waals surface area contributed by atoms with Gasteiger partial charge in [-0.25, -0.2) is 0 Å². The minimum Gasteiger partial charge on any atom is -0.309 e. The lowest BCUT2D eigenvalue weighted by Gasteiger charge is -2.12. The molecule has 3 heterocycles. The highest BCUT2D eigenvalue weighted by molar-refractivity contribution is 6.16. The molecule has 1 aliphatic rings. The van der Waals surface area contributed by atoms with E-state index in [1.807, 2.05) is 6.20 Å². The van der Waals surface area contributed by atoms with Crippen molar-refractivity contribution >= 4 is 54.5 Å². The van der Waals surface area contributed by atoms with Gasteiger partial charge in [0.2, 0.25) is 0 Å². The van der Waals surface area contributed by atoms with Crippen LogP contribution in [0.1, 0.15) is 0 Å². The van der Waals surface area contributed by atoms with Gasteiger partial charge in [0.1, 0.15) is 0 Å². The zero-order valence-electron chi connectivity index (χ0n) is 25.9. The number of para-hydroxylation sites is 3. The van der Waals surface area contributed by atoms with E-state index >= 15 is 0 Å². The summed E-state index contributed by atoms with van der Waals surface area (Å²) in [6.45, 7) is 0. The van der Waals surface area contributed by atoms with Gasteiger partial charge in [-0.05, 0) is 94.0 Å². The maximum atomic E-state index is 4.86. The van der Waals surface area contributed by atoms with Crippen LogP contribution >= 0.6 is 0 Å². The second kappa shape index (κ2) is 9.54. The zero-order chi connectivity index (χ0) is 31.3. The molecule has 10 aromatic rings. The summed E-state index contributed by atoms with van der Waals surface area (Å²) in [4.78, 5) is 4.86. The van der Waals surface area contributed by atoms with Crippen molar-refractivity contribution in [1.82, 2.24) is 14.1 Å². The SMILES string of the molecule is c1ccc(-n2c3ccccc3c3ccc(-c4ccc5c(c4)c4ccccc4n5-c4cc5c6c(ccnc6c4)-c4ccccc4-5)cc32)cc1. The van der Waals surface area contributed by atoms with Crippen molar-refractivity contribution in [2.75, 3.05) is 0 Å². The summed E-state index contributed by atoms with van der Waals surface area (Å²) < 4.78 is 4.80. The van der Waals surface area contributed by atoms with E-state index in [1.165, 1.54) is 88.1 Å². The van der Waals surface area contributed by atoms with Crippen LogP contribution in [-0.2, 0) is 0 Å². The Morgan fingerprint density at radius 2 is 0.958 bits per heavy atom. The fourth-order valence-electron chi connectivity index (χ4n) is 8.23. The van der Waals surface area contributed by atoms with Crippen molar-refractivity contribution in [3.63, 3.8) is 0 Å². The van der Waals surface area contributed by atoms with Crippen LogP contribution in [-0.4, -0.2) is 14.1 Å². The van der Waals surface area contributed by atoms with Gasteiger partial charge in [0.15, 0.2) is 0 Å². The van der Waals surface area contributed by atoms with Crippen LogP contribution < -0.4 is 0 Å². The summed E-state index contributed by atoms with van der Waals surface area (Å²) in [5.74, 6) is 0. The fraction of sp³-hybridized carbons (Fsp3) is 0. The van der Waals surface area contributed by atoms with E-state index in [0.717, 1.165) is 11.2 Å². The highest BCUT2D eigenvalue weighted by Crippen LogP contribution is 2.48. The Labute approximate surface area is 276 Å². The van der Waals surface area contributed by atoms with Crippen LogP contribution in [0.2, 0.25) is 0 Å². The summed E-state index contributed by atoms with van der Waals surface area (Å²) in [7, 11) is 0. The van der Waals surface area contributed by atoms with Gasteiger partial charge in [-0.2, -0.15) is 0 Å². The van der Waals surface area contributed by atoms with Gasteiger partial charge in [0.25, 0.3) is 0 Å². The Morgan fingerprint density at radius 3 is 1.77 bits per heavy atom. The molecule has 222 valence electrons. The first-order valence-corrected chi connectivity index (χ1v) is 16.5. The molecule has 1 aliphatic carbocycles. The monoisotopic (exact) mass is 609 g/mol. The van der Waals surface area contributed by atoms with Crippen molar-refractivity contribution in [3.8, 4) is 44.8 Å². The molecule has 0 saturated heterocycles. The molecular weight excluding hydrogens is 583 g/mol. The van der Waals surface area contributed by atoms with Gasteiger partial charge in [0, 0.05) is 44.5 Å². The maximum absolute atomic E-state index is 4.86. The van der Waals surface area contributed by atoms with Gasteiger partial charge >= 0.3 is 0 Å². The van der Waals surface area contributed by atoms with E-state index < -0.39 is 0 Å². The summed E-state index contributed by atoms with van der Waals surface area (Å²) in [6, 6.07) is 57.5. The van der Waals surface area contributed by atoms with Crippen molar-refractivity contribution in [2.45, 2.75) is 0 Å². The molecule has 0 saturated carbocycles. The number of aromatic nitrogens is 3. The molecule has 3 nitrogen and oxygen atoms in total. The van der Waals surface area contributed by atoms with Gasteiger partial charge in [0.05, 0.1) is 27.6 Å². The number of pyridine rings is 1. The highest BCUT2D eigenvalue weighted by Gasteiger charge is 2.23. The molecule has 3 aromatic heterocycles. The standard InChI is InChI=1S/C45H27N3/c1-2-10-30(11-3-1)47-41-16-8-6-14-34(41)36-20-18-29(25-44(36)47)28-19-21-43-38(24-28)35-15-7-9-17-42(35)48(43)31-26-39-33-13-5-4-12-32(33)37-22-23-46-40(27-31)45(37)39/h1-27H. The predicted octanol–water partition coefficient (Wildman–Crippen LogP) is 11.7. The average Bonchev–Trinajstić information content (AvgIpc) is 3.78. The highest BCUT2D eigenvalue weighted by atomic mass is 15.0. The van der Waals surface area contributed by atoms with Crippen LogP contribution in [0.25, 0.3) is 99.3 Å². The minimum absolute atomic E-state index is 1.03. The van der Waals surface area contributed by atoms with Gasteiger partial charge in [-0.1, -0.05) is 97.1 Å². The third kappa shape index (κ3) is 3.45. The van der Waals surface area contributed by atoms with Crippen molar-refractivity contribution in [2.24, 2.45) is 0 Å². The number of nitrogens with zero attached hydrogens (tertiary/aromatic N) is 3. The molecule has 0 spiro atoms. The smallest absolute Gasteiger partial charge is 0.0735 e. The topological polar surface area (TPSA) is 22.8 Å². The number of hydrogen-bond acceptors (Lipinski definition) is 1. The summed E-state index contributed by atoms with van der Waals surface area (Å²) in [5.41, 5.74) is 15.6. The fourth-order valence-corrected chi connectivity index (χ4v) is 8.23. The van der Waals surface area contributed by atoms with Crippen LogP contribution in [0.3, 0.4) is 0 Å².